The first-order valence-electron chi connectivity index (χ1n) is 14.1. The van der Waals surface area contributed by atoms with Crippen molar-refractivity contribution < 1.29 is 14.4 Å². The summed E-state index contributed by atoms with van der Waals surface area (Å²) in [6, 6.07) is 43.1. The minimum Gasteiger partial charge on any atom is -0.347 e. The zero-order valence-corrected chi connectivity index (χ0v) is 23.0. The smallest absolute Gasteiger partial charge is 0.262 e. The van der Waals surface area contributed by atoms with E-state index < -0.39 is 17.9 Å². The third-order valence-corrected chi connectivity index (χ3v) is 7.73. The zero-order valence-electron chi connectivity index (χ0n) is 23.0. The van der Waals surface area contributed by atoms with E-state index in [4.69, 9.17) is 0 Å². The molecule has 5 aromatic rings. The second kappa shape index (κ2) is 12.1. The van der Waals surface area contributed by atoms with Crippen LogP contribution in [0.15, 0.2) is 140 Å². The molecule has 0 unspecified atom stereocenters. The SMILES string of the molecule is O=C(N[C@H](Cc1ccccc1)c1ccc(-c2ccccc2)cc1)[C@H](Cc1ccccc1)N1C(=O)c2ccccc2C1=O. The maximum Gasteiger partial charge on any atom is 0.262 e. The van der Waals surface area contributed by atoms with E-state index >= 15 is 0 Å². The van der Waals surface area contributed by atoms with E-state index in [2.05, 4.69) is 29.6 Å². The molecule has 0 aliphatic carbocycles. The molecule has 0 saturated heterocycles. The topological polar surface area (TPSA) is 66.5 Å². The second-order valence-corrected chi connectivity index (χ2v) is 10.5. The summed E-state index contributed by atoms with van der Waals surface area (Å²) >= 11 is 0. The van der Waals surface area contributed by atoms with Crippen LogP contribution in [0.25, 0.3) is 11.1 Å². The first-order chi connectivity index (χ1) is 20.6. The van der Waals surface area contributed by atoms with Gasteiger partial charge in [0.05, 0.1) is 17.2 Å². The molecule has 0 aromatic heterocycles. The van der Waals surface area contributed by atoms with Gasteiger partial charge in [-0.05, 0) is 46.4 Å². The third kappa shape index (κ3) is 5.63. The van der Waals surface area contributed by atoms with Crippen molar-refractivity contribution in [3.8, 4) is 11.1 Å². The Morgan fingerprint density at radius 1 is 0.548 bits per heavy atom. The molecule has 0 fully saturated rings. The number of rotatable bonds is 9. The Hall–Kier alpha value is -5.29. The molecule has 5 heteroatoms. The highest BCUT2D eigenvalue weighted by Gasteiger charge is 2.43. The quantitative estimate of drug-likeness (QED) is 0.209. The summed E-state index contributed by atoms with van der Waals surface area (Å²) in [4.78, 5) is 42.3. The van der Waals surface area contributed by atoms with Crippen molar-refractivity contribution in [1.29, 1.82) is 0 Å². The molecule has 42 heavy (non-hydrogen) atoms. The predicted molar refractivity (Wildman–Crippen MR) is 164 cm³/mol. The molecule has 0 bridgehead atoms. The lowest BCUT2D eigenvalue weighted by Gasteiger charge is -2.28. The monoisotopic (exact) mass is 550 g/mol. The third-order valence-electron chi connectivity index (χ3n) is 7.73. The molecule has 5 nitrogen and oxygen atoms in total. The van der Waals surface area contributed by atoms with Crippen molar-refractivity contribution in [3.05, 3.63) is 167 Å². The first-order valence-corrected chi connectivity index (χ1v) is 14.1. The fourth-order valence-electron chi connectivity index (χ4n) is 5.54. The molecule has 1 N–H and O–H groups in total. The van der Waals surface area contributed by atoms with Gasteiger partial charge in [-0.25, -0.2) is 0 Å². The van der Waals surface area contributed by atoms with Crippen LogP contribution < -0.4 is 5.32 Å². The molecule has 206 valence electrons. The zero-order chi connectivity index (χ0) is 28.9. The van der Waals surface area contributed by atoms with Crippen molar-refractivity contribution in [2.75, 3.05) is 0 Å². The molecule has 1 heterocycles. The van der Waals surface area contributed by atoms with Gasteiger partial charge in [0.25, 0.3) is 11.8 Å². The van der Waals surface area contributed by atoms with Gasteiger partial charge in [0, 0.05) is 6.42 Å². The summed E-state index contributed by atoms with van der Waals surface area (Å²) in [6.07, 6.45) is 0.764. The maximum absolute atomic E-state index is 14.2. The van der Waals surface area contributed by atoms with Crippen molar-refractivity contribution in [2.24, 2.45) is 0 Å². The molecule has 6 rings (SSSR count). The van der Waals surface area contributed by atoms with Crippen LogP contribution in [0.3, 0.4) is 0 Å². The standard InChI is InChI=1S/C37H30N2O3/c40-35(34(25-27-14-6-2-7-15-27)39-36(41)31-18-10-11-19-32(31)37(39)42)38-33(24-26-12-4-1-5-13-26)30-22-20-29(21-23-30)28-16-8-3-9-17-28/h1-23,33-34H,24-25H2,(H,38,40)/t33-,34+/m1/s1. The number of fused-ring (bicyclic) bond motifs is 1. The Morgan fingerprint density at radius 2 is 1.00 bits per heavy atom. The van der Waals surface area contributed by atoms with E-state index in [1.165, 1.54) is 0 Å². The summed E-state index contributed by atoms with van der Waals surface area (Å²) in [5.41, 5.74) is 5.71. The number of nitrogens with zero attached hydrogens (tertiary/aromatic N) is 1. The van der Waals surface area contributed by atoms with E-state index in [0.717, 1.165) is 32.7 Å². The average molecular weight is 551 g/mol. The fourth-order valence-corrected chi connectivity index (χ4v) is 5.54. The summed E-state index contributed by atoms with van der Waals surface area (Å²) in [7, 11) is 0. The van der Waals surface area contributed by atoms with Gasteiger partial charge in [-0.3, -0.25) is 19.3 Å². The Labute approximate surface area is 245 Å². The lowest BCUT2D eigenvalue weighted by atomic mass is 9.95. The van der Waals surface area contributed by atoms with Gasteiger partial charge in [0.2, 0.25) is 5.91 Å². The van der Waals surface area contributed by atoms with Gasteiger partial charge in [-0.15, -0.1) is 0 Å². The largest absolute Gasteiger partial charge is 0.347 e. The van der Waals surface area contributed by atoms with Crippen molar-refractivity contribution in [2.45, 2.75) is 24.9 Å². The van der Waals surface area contributed by atoms with E-state index in [-0.39, 0.29) is 18.4 Å². The van der Waals surface area contributed by atoms with Crippen LogP contribution in [-0.4, -0.2) is 28.7 Å². The van der Waals surface area contributed by atoms with Crippen molar-refractivity contribution in [3.63, 3.8) is 0 Å². The maximum atomic E-state index is 14.2. The highest BCUT2D eigenvalue weighted by atomic mass is 16.2. The number of benzene rings is 5. The van der Waals surface area contributed by atoms with Crippen LogP contribution >= 0.6 is 0 Å². The molecule has 3 amide bonds. The molecule has 1 aliphatic heterocycles. The Balaban J connectivity index is 1.33. The van der Waals surface area contributed by atoms with Gasteiger partial charge >= 0.3 is 0 Å². The van der Waals surface area contributed by atoms with Crippen LogP contribution in [-0.2, 0) is 17.6 Å². The lowest BCUT2D eigenvalue weighted by molar-refractivity contribution is -0.125. The van der Waals surface area contributed by atoms with Crippen molar-refractivity contribution in [1.82, 2.24) is 10.2 Å². The lowest BCUT2D eigenvalue weighted by Crippen LogP contribution is -2.51. The second-order valence-electron chi connectivity index (χ2n) is 10.5. The number of carbonyl (C=O) groups is 3. The normalized spacial score (nSPS) is 13.9. The molecule has 1 aliphatic rings. The molecule has 0 spiro atoms. The Kier molecular flexibility index (Phi) is 7.73. The molecular weight excluding hydrogens is 520 g/mol. The molecule has 2 atom stereocenters. The number of nitrogens with one attached hydrogen (secondary N) is 1. The summed E-state index contributed by atoms with van der Waals surface area (Å²) in [5, 5.41) is 3.22. The van der Waals surface area contributed by atoms with Crippen LogP contribution in [0.4, 0.5) is 0 Å². The highest BCUT2D eigenvalue weighted by Crippen LogP contribution is 2.28. The number of carbonyl (C=O) groups excluding carboxylic acids is 3. The number of hydrogen-bond donors (Lipinski definition) is 1. The minimum absolute atomic E-state index is 0.211. The van der Waals surface area contributed by atoms with E-state index in [1.807, 2.05) is 91.0 Å². The van der Waals surface area contributed by atoms with Gasteiger partial charge in [0.1, 0.15) is 6.04 Å². The molecular formula is C37H30N2O3. The predicted octanol–water partition coefficient (Wildman–Crippen LogP) is 6.66. The van der Waals surface area contributed by atoms with Gasteiger partial charge in [0.15, 0.2) is 0 Å². The van der Waals surface area contributed by atoms with Crippen LogP contribution in [0.5, 0.6) is 0 Å². The van der Waals surface area contributed by atoms with Gasteiger partial charge in [-0.1, -0.05) is 127 Å². The van der Waals surface area contributed by atoms with E-state index in [9.17, 15) is 14.4 Å². The van der Waals surface area contributed by atoms with E-state index in [0.29, 0.717) is 17.5 Å². The number of amides is 3. The van der Waals surface area contributed by atoms with Crippen LogP contribution in [0, 0.1) is 0 Å². The van der Waals surface area contributed by atoms with Crippen molar-refractivity contribution >= 4 is 17.7 Å². The average Bonchev–Trinajstić information content (AvgIpc) is 3.30. The first kappa shape index (κ1) is 26.9. The summed E-state index contributed by atoms with van der Waals surface area (Å²) in [5.74, 6) is -1.27. The molecule has 5 aromatic carbocycles. The minimum atomic E-state index is -1.01. The Bertz CT molecular complexity index is 1670. The number of hydrogen-bond acceptors (Lipinski definition) is 3. The van der Waals surface area contributed by atoms with Gasteiger partial charge in [-0.2, -0.15) is 0 Å². The molecule has 0 radical (unpaired) electrons. The summed E-state index contributed by atoms with van der Waals surface area (Å²) < 4.78 is 0. The highest BCUT2D eigenvalue weighted by molar-refractivity contribution is 6.22. The Morgan fingerprint density at radius 3 is 1.55 bits per heavy atom. The summed E-state index contributed by atoms with van der Waals surface area (Å²) in [6.45, 7) is 0. The number of imide groups is 1. The van der Waals surface area contributed by atoms with E-state index in [1.54, 1.807) is 24.3 Å². The fraction of sp³-hybridized carbons (Fsp3) is 0.108. The van der Waals surface area contributed by atoms with Gasteiger partial charge < -0.3 is 5.32 Å². The van der Waals surface area contributed by atoms with Crippen LogP contribution in [0.1, 0.15) is 43.4 Å². The molecule has 0 saturated carbocycles. The van der Waals surface area contributed by atoms with Crippen LogP contribution in [0.2, 0.25) is 0 Å².